The molecule has 0 aromatic heterocycles. The summed E-state index contributed by atoms with van der Waals surface area (Å²) in [6.07, 6.45) is 2.67. The van der Waals surface area contributed by atoms with Gasteiger partial charge in [-0.05, 0) is 29.9 Å². The lowest BCUT2D eigenvalue weighted by Crippen LogP contribution is -2.35. The molecular formula is C18H29NO. The molecule has 20 heavy (non-hydrogen) atoms. The molecule has 0 spiro atoms. The van der Waals surface area contributed by atoms with Crippen LogP contribution in [0, 0.1) is 5.41 Å². The van der Waals surface area contributed by atoms with Crippen LogP contribution in [0.5, 0.6) is 5.75 Å². The lowest BCUT2D eigenvalue weighted by atomic mass is 9.86. The van der Waals surface area contributed by atoms with Crippen molar-refractivity contribution >= 4 is 0 Å². The van der Waals surface area contributed by atoms with E-state index in [1.165, 1.54) is 18.4 Å². The van der Waals surface area contributed by atoms with Crippen LogP contribution in [0.25, 0.3) is 0 Å². The number of nitrogens with one attached hydrogen (secondary N) is 1. The lowest BCUT2D eigenvalue weighted by molar-refractivity contribution is 0.173. The summed E-state index contributed by atoms with van der Waals surface area (Å²) < 4.78 is 6.14. The molecular weight excluding hydrogens is 246 g/mol. The van der Waals surface area contributed by atoms with Crippen LogP contribution in [0.1, 0.15) is 53.0 Å². The fourth-order valence-corrected chi connectivity index (χ4v) is 2.24. The Morgan fingerprint density at radius 3 is 2.35 bits per heavy atom. The van der Waals surface area contributed by atoms with Crippen LogP contribution < -0.4 is 10.1 Å². The molecule has 0 unspecified atom stereocenters. The number of para-hydroxylation sites is 1. The third kappa shape index (κ3) is 4.52. The van der Waals surface area contributed by atoms with E-state index < -0.39 is 0 Å². The van der Waals surface area contributed by atoms with Gasteiger partial charge in [0.05, 0.1) is 6.61 Å². The van der Waals surface area contributed by atoms with Gasteiger partial charge in [-0.2, -0.15) is 0 Å². The fraction of sp³-hybridized carbons (Fsp3) is 0.667. The zero-order chi connectivity index (χ0) is 14.8. The molecule has 2 nitrogen and oxygen atoms in total. The van der Waals surface area contributed by atoms with E-state index in [0.29, 0.717) is 0 Å². The molecule has 0 atom stereocenters. The van der Waals surface area contributed by atoms with E-state index in [1.807, 2.05) is 0 Å². The van der Waals surface area contributed by atoms with Crippen molar-refractivity contribution in [2.45, 2.75) is 58.9 Å². The van der Waals surface area contributed by atoms with Crippen molar-refractivity contribution < 1.29 is 4.74 Å². The summed E-state index contributed by atoms with van der Waals surface area (Å²) >= 11 is 0. The van der Waals surface area contributed by atoms with Crippen molar-refractivity contribution in [1.82, 2.24) is 5.32 Å². The Balaban J connectivity index is 1.95. The maximum atomic E-state index is 6.14. The first kappa shape index (κ1) is 15.4. The maximum Gasteiger partial charge on any atom is 0.123 e. The second-order valence-electron chi connectivity index (χ2n) is 7.85. The second-order valence-corrected chi connectivity index (χ2v) is 7.85. The summed E-state index contributed by atoms with van der Waals surface area (Å²) in [6.45, 7) is 13.0. The van der Waals surface area contributed by atoms with Gasteiger partial charge in [-0.15, -0.1) is 0 Å². The van der Waals surface area contributed by atoms with Gasteiger partial charge in [-0.1, -0.05) is 52.8 Å². The topological polar surface area (TPSA) is 21.3 Å². The Morgan fingerprint density at radius 2 is 1.75 bits per heavy atom. The average Bonchev–Trinajstić information content (AvgIpc) is 3.18. The molecule has 1 saturated carbocycles. The van der Waals surface area contributed by atoms with Gasteiger partial charge in [-0.25, -0.2) is 0 Å². The SMILES string of the molecule is CC(C)(CNC1CC1)COc1ccccc1C(C)(C)C. The van der Waals surface area contributed by atoms with Crippen LogP contribution in [-0.4, -0.2) is 19.2 Å². The summed E-state index contributed by atoms with van der Waals surface area (Å²) in [4.78, 5) is 0. The van der Waals surface area contributed by atoms with E-state index in [2.05, 4.69) is 64.2 Å². The van der Waals surface area contributed by atoms with Crippen LogP contribution in [0.3, 0.4) is 0 Å². The highest BCUT2D eigenvalue weighted by atomic mass is 16.5. The molecule has 0 radical (unpaired) electrons. The highest BCUT2D eigenvalue weighted by Crippen LogP contribution is 2.32. The van der Waals surface area contributed by atoms with E-state index in [1.54, 1.807) is 0 Å². The highest BCUT2D eigenvalue weighted by molar-refractivity contribution is 5.38. The Labute approximate surface area is 123 Å². The lowest BCUT2D eigenvalue weighted by Gasteiger charge is -2.28. The van der Waals surface area contributed by atoms with Gasteiger partial charge >= 0.3 is 0 Å². The van der Waals surface area contributed by atoms with Crippen molar-refractivity contribution in [3.8, 4) is 5.75 Å². The van der Waals surface area contributed by atoms with E-state index in [0.717, 1.165) is 24.9 Å². The Morgan fingerprint density at radius 1 is 1.10 bits per heavy atom. The van der Waals surface area contributed by atoms with Crippen molar-refractivity contribution in [3.05, 3.63) is 29.8 Å². The number of rotatable bonds is 6. The normalized spacial score (nSPS) is 16.2. The van der Waals surface area contributed by atoms with Crippen molar-refractivity contribution in [1.29, 1.82) is 0 Å². The second kappa shape index (κ2) is 5.77. The van der Waals surface area contributed by atoms with Gasteiger partial charge in [0.25, 0.3) is 0 Å². The number of hydrogen-bond donors (Lipinski definition) is 1. The number of hydrogen-bond acceptors (Lipinski definition) is 2. The monoisotopic (exact) mass is 275 g/mol. The van der Waals surface area contributed by atoms with Gasteiger partial charge < -0.3 is 10.1 Å². The molecule has 112 valence electrons. The molecule has 0 aliphatic heterocycles. The maximum absolute atomic E-state index is 6.14. The molecule has 0 amide bonds. The summed E-state index contributed by atoms with van der Waals surface area (Å²) in [5.74, 6) is 1.03. The Hall–Kier alpha value is -1.02. The molecule has 1 fully saturated rings. The van der Waals surface area contributed by atoms with Crippen LogP contribution in [0.15, 0.2) is 24.3 Å². The van der Waals surface area contributed by atoms with Crippen LogP contribution in [0.4, 0.5) is 0 Å². The first-order valence-electron chi connectivity index (χ1n) is 7.74. The third-order valence-corrected chi connectivity index (χ3v) is 3.76. The highest BCUT2D eigenvalue weighted by Gasteiger charge is 2.26. The Kier molecular flexibility index (Phi) is 4.43. The van der Waals surface area contributed by atoms with Gasteiger partial charge in [-0.3, -0.25) is 0 Å². The standard InChI is InChI=1S/C18H29NO/c1-17(2,3)15-8-6-7-9-16(15)20-13-18(4,5)12-19-14-10-11-14/h6-9,14,19H,10-13H2,1-5H3. The summed E-state index contributed by atoms with van der Waals surface area (Å²) in [5.41, 5.74) is 1.56. The van der Waals surface area contributed by atoms with Gasteiger partial charge in [0, 0.05) is 18.0 Å². The first-order chi connectivity index (χ1) is 9.28. The van der Waals surface area contributed by atoms with Crippen LogP contribution in [-0.2, 0) is 5.41 Å². The molecule has 0 bridgehead atoms. The zero-order valence-corrected chi connectivity index (χ0v) is 13.6. The predicted molar refractivity (Wildman–Crippen MR) is 85.4 cm³/mol. The first-order valence-corrected chi connectivity index (χ1v) is 7.74. The van der Waals surface area contributed by atoms with Gasteiger partial charge in [0.1, 0.15) is 5.75 Å². The smallest absolute Gasteiger partial charge is 0.123 e. The zero-order valence-electron chi connectivity index (χ0n) is 13.6. The molecule has 1 aliphatic rings. The molecule has 1 aromatic rings. The quantitative estimate of drug-likeness (QED) is 0.842. The molecule has 2 heteroatoms. The fourth-order valence-electron chi connectivity index (χ4n) is 2.24. The molecule has 1 N–H and O–H groups in total. The molecule has 2 rings (SSSR count). The number of ether oxygens (including phenoxy) is 1. The molecule has 1 aliphatic carbocycles. The predicted octanol–water partition coefficient (Wildman–Crippen LogP) is 4.14. The van der Waals surface area contributed by atoms with Crippen LogP contribution >= 0.6 is 0 Å². The van der Waals surface area contributed by atoms with E-state index >= 15 is 0 Å². The largest absolute Gasteiger partial charge is 0.493 e. The summed E-state index contributed by atoms with van der Waals surface area (Å²) in [5, 5.41) is 3.60. The van der Waals surface area contributed by atoms with Crippen molar-refractivity contribution in [2.75, 3.05) is 13.2 Å². The molecule has 1 aromatic carbocycles. The van der Waals surface area contributed by atoms with Gasteiger partial charge in [0.2, 0.25) is 0 Å². The summed E-state index contributed by atoms with van der Waals surface area (Å²) in [7, 11) is 0. The third-order valence-electron chi connectivity index (χ3n) is 3.76. The minimum atomic E-state index is 0.118. The minimum absolute atomic E-state index is 0.118. The molecule has 0 saturated heterocycles. The molecule has 0 heterocycles. The summed E-state index contributed by atoms with van der Waals surface area (Å²) in [6, 6.07) is 9.17. The Bertz CT molecular complexity index is 441. The van der Waals surface area contributed by atoms with E-state index in [-0.39, 0.29) is 10.8 Å². The minimum Gasteiger partial charge on any atom is -0.493 e. The van der Waals surface area contributed by atoms with E-state index in [9.17, 15) is 0 Å². The van der Waals surface area contributed by atoms with E-state index in [4.69, 9.17) is 4.74 Å². The van der Waals surface area contributed by atoms with Gasteiger partial charge in [0.15, 0.2) is 0 Å². The van der Waals surface area contributed by atoms with Crippen molar-refractivity contribution in [3.63, 3.8) is 0 Å². The van der Waals surface area contributed by atoms with Crippen LogP contribution in [0.2, 0.25) is 0 Å². The number of benzene rings is 1. The van der Waals surface area contributed by atoms with Crippen molar-refractivity contribution in [2.24, 2.45) is 5.41 Å². The average molecular weight is 275 g/mol.